The van der Waals surface area contributed by atoms with Crippen LogP contribution in [0.2, 0.25) is 0 Å². The number of urea groups is 1. The quantitative estimate of drug-likeness (QED) is 0.648. The smallest absolute Gasteiger partial charge is 0.315 e. The number of hydrogen-bond acceptors (Lipinski definition) is 2. The zero-order valence-corrected chi connectivity index (χ0v) is 10.5. The molecule has 0 radical (unpaired) electrons. The summed E-state index contributed by atoms with van der Waals surface area (Å²) >= 11 is 0. The van der Waals surface area contributed by atoms with Crippen LogP contribution in [-0.2, 0) is 4.79 Å². The second-order valence-electron chi connectivity index (χ2n) is 5.01. The minimum absolute atomic E-state index is 0.0530. The Bertz CT molecular complexity index is 250. The maximum Gasteiger partial charge on any atom is 0.315 e. The van der Waals surface area contributed by atoms with Gasteiger partial charge in [-0.2, -0.15) is 0 Å². The Labute approximate surface area is 96.6 Å². The molecule has 0 aliphatic carbocycles. The molecule has 5 nitrogen and oxygen atoms in total. The van der Waals surface area contributed by atoms with Crippen LogP contribution in [0.1, 0.15) is 40.5 Å². The fourth-order valence-corrected chi connectivity index (χ4v) is 1.13. The van der Waals surface area contributed by atoms with Crippen LogP contribution in [0, 0.1) is 5.92 Å². The maximum atomic E-state index is 11.4. The second kappa shape index (κ2) is 6.35. The standard InChI is InChI=1S/C11H22N2O3/c1-8(2)7-12-10(16)13-11(3,4)6-5-9(14)15/h8H,5-7H2,1-4H3,(H,14,15)(H2,12,13,16). The van der Waals surface area contributed by atoms with Gasteiger partial charge in [-0.1, -0.05) is 13.8 Å². The Morgan fingerprint density at radius 2 is 1.88 bits per heavy atom. The number of amides is 2. The molecule has 0 aliphatic rings. The van der Waals surface area contributed by atoms with Crippen molar-refractivity contribution in [2.24, 2.45) is 5.92 Å². The fourth-order valence-electron chi connectivity index (χ4n) is 1.13. The molecule has 0 aromatic carbocycles. The van der Waals surface area contributed by atoms with Gasteiger partial charge in [0.1, 0.15) is 0 Å². The van der Waals surface area contributed by atoms with Crippen molar-refractivity contribution in [1.82, 2.24) is 10.6 Å². The van der Waals surface area contributed by atoms with E-state index in [-0.39, 0.29) is 12.5 Å². The lowest BCUT2D eigenvalue weighted by molar-refractivity contribution is -0.137. The maximum absolute atomic E-state index is 11.4. The summed E-state index contributed by atoms with van der Waals surface area (Å²) in [6.07, 6.45) is 0.467. The molecule has 0 heterocycles. The summed E-state index contributed by atoms with van der Waals surface area (Å²) < 4.78 is 0. The normalized spacial score (nSPS) is 11.3. The molecular weight excluding hydrogens is 208 g/mol. The number of hydrogen-bond donors (Lipinski definition) is 3. The van der Waals surface area contributed by atoms with Crippen LogP contribution in [0.25, 0.3) is 0 Å². The molecular formula is C11H22N2O3. The van der Waals surface area contributed by atoms with E-state index >= 15 is 0 Å². The summed E-state index contributed by atoms with van der Waals surface area (Å²) in [6.45, 7) is 8.25. The molecule has 0 unspecified atom stereocenters. The molecule has 0 fully saturated rings. The third-order valence-electron chi connectivity index (χ3n) is 2.09. The van der Waals surface area contributed by atoms with Crippen LogP contribution in [0.15, 0.2) is 0 Å². The minimum atomic E-state index is -0.850. The molecule has 0 bridgehead atoms. The van der Waals surface area contributed by atoms with Crippen molar-refractivity contribution in [3.63, 3.8) is 0 Å². The van der Waals surface area contributed by atoms with Gasteiger partial charge in [0.15, 0.2) is 0 Å². The number of aliphatic carboxylic acids is 1. The van der Waals surface area contributed by atoms with E-state index in [9.17, 15) is 9.59 Å². The summed E-state index contributed by atoms with van der Waals surface area (Å²) in [4.78, 5) is 21.9. The van der Waals surface area contributed by atoms with Crippen molar-refractivity contribution in [2.75, 3.05) is 6.54 Å². The Hall–Kier alpha value is -1.26. The third kappa shape index (κ3) is 8.08. The van der Waals surface area contributed by atoms with E-state index in [0.29, 0.717) is 18.9 Å². The fraction of sp³-hybridized carbons (Fsp3) is 0.818. The molecule has 0 atom stereocenters. The zero-order chi connectivity index (χ0) is 12.8. The summed E-state index contributed by atoms with van der Waals surface area (Å²) in [7, 11) is 0. The minimum Gasteiger partial charge on any atom is -0.481 e. The van der Waals surface area contributed by atoms with E-state index in [1.165, 1.54) is 0 Å². The average Bonchev–Trinajstić information content (AvgIpc) is 2.11. The molecule has 5 heteroatoms. The monoisotopic (exact) mass is 230 g/mol. The van der Waals surface area contributed by atoms with E-state index in [2.05, 4.69) is 10.6 Å². The van der Waals surface area contributed by atoms with Gasteiger partial charge in [-0.25, -0.2) is 4.79 Å². The van der Waals surface area contributed by atoms with Crippen molar-refractivity contribution in [1.29, 1.82) is 0 Å². The van der Waals surface area contributed by atoms with Crippen LogP contribution >= 0.6 is 0 Å². The zero-order valence-electron chi connectivity index (χ0n) is 10.5. The van der Waals surface area contributed by atoms with Crippen LogP contribution in [0.5, 0.6) is 0 Å². The molecule has 0 spiro atoms. The molecule has 94 valence electrons. The number of carbonyl (C=O) groups is 2. The summed E-state index contributed by atoms with van der Waals surface area (Å²) in [5.74, 6) is -0.453. The molecule has 3 N–H and O–H groups in total. The van der Waals surface area contributed by atoms with Gasteiger partial charge in [-0.15, -0.1) is 0 Å². The first kappa shape index (κ1) is 14.7. The molecule has 0 aromatic rings. The number of carboxylic acid groups (broad SMARTS) is 1. The average molecular weight is 230 g/mol. The molecule has 0 saturated heterocycles. The highest BCUT2D eigenvalue weighted by Crippen LogP contribution is 2.10. The highest BCUT2D eigenvalue weighted by Gasteiger charge is 2.21. The highest BCUT2D eigenvalue weighted by atomic mass is 16.4. The molecule has 2 amide bonds. The van der Waals surface area contributed by atoms with Crippen molar-refractivity contribution in [3.05, 3.63) is 0 Å². The number of nitrogens with one attached hydrogen (secondary N) is 2. The Kier molecular flexibility index (Phi) is 5.85. The summed E-state index contributed by atoms with van der Waals surface area (Å²) in [5, 5.41) is 14.0. The second-order valence-corrected chi connectivity index (χ2v) is 5.01. The summed E-state index contributed by atoms with van der Waals surface area (Å²) in [5.41, 5.74) is -0.501. The number of carbonyl (C=O) groups excluding carboxylic acids is 1. The van der Waals surface area contributed by atoms with Crippen LogP contribution in [0.3, 0.4) is 0 Å². The van der Waals surface area contributed by atoms with Gasteiger partial charge in [0.05, 0.1) is 0 Å². The number of carboxylic acids is 1. The highest BCUT2D eigenvalue weighted by molar-refractivity contribution is 5.74. The van der Waals surface area contributed by atoms with E-state index < -0.39 is 11.5 Å². The lowest BCUT2D eigenvalue weighted by Crippen LogP contribution is -2.49. The topological polar surface area (TPSA) is 78.4 Å². The van der Waals surface area contributed by atoms with Crippen LogP contribution in [0.4, 0.5) is 4.79 Å². The lowest BCUT2D eigenvalue weighted by atomic mass is 9.99. The Morgan fingerprint density at radius 3 is 2.31 bits per heavy atom. The predicted octanol–water partition coefficient (Wildman–Crippen LogP) is 1.58. The van der Waals surface area contributed by atoms with Crippen molar-refractivity contribution in [2.45, 2.75) is 46.1 Å². The van der Waals surface area contributed by atoms with Crippen molar-refractivity contribution in [3.8, 4) is 0 Å². The largest absolute Gasteiger partial charge is 0.481 e. The van der Waals surface area contributed by atoms with Crippen molar-refractivity contribution < 1.29 is 14.7 Å². The van der Waals surface area contributed by atoms with Gasteiger partial charge in [-0.3, -0.25) is 4.79 Å². The van der Waals surface area contributed by atoms with Gasteiger partial charge in [0, 0.05) is 18.5 Å². The Morgan fingerprint density at radius 1 is 1.31 bits per heavy atom. The number of rotatable bonds is 6. The molecule has 16 heavy (non-hydrogen) atoms. The van der Waals surface area contributed by atoms with E-state index in [4.69, 9.17) is 5.11 Å². The lowest BCUT2D eigenvalue weighted by Gasteiger charge is -2.26. The molecule has 0 saturated carbocycles. The van der Waals surface area contributed by atoms with E-state index in [1.807, 2.05) is 27.7 Å². The first-order chi connectivity index (χ1) is 7.23. The van der Waals surface area contributed by atoms with Crippen molar-refractivity contribution >= 4 is 12.0 Å². The van der Waals surface area contributed by atoms with Crippen LogP contribution < -0.4 is 10.6 Å². The van der Waals surface area contributed by atoms with Crippen LogP contribution in [-0.4, -0.2) is 29.2 Å². The molecule has 0 rings (SSSR count). The van der Waals surface area contributed by atoms with Gasteiger partial charge in [0.2, 0.25) is 0 Å². The van der Waals surface area contributed by atoms with Gasteiger partial charge in [0.25, 0.3) is 0 Å². The summed E-state index contributed by atoms with van der Waals surface area (Å²) in [6, 6.07) is -0.246. The van der Waals surface area contributed by atoms with E-state index in [1.54, 1.807) is 0 Å². The molecule has 0 aliphatic heterocycles. The molecule has 0 aromatic heterocycles. The van der Waals surface area contributed by atoms with Gasteiger partial charge in [-0.05, 0) is 26.2 Å². The first-order valence-electron chi connectivity index (χ1n) is 5.51. The van der Waals surface area contributed by atoms with Gasteiger partial charge < -0.3 is 15.7 Å². The Balaban J connectivity index is 3.94. The third-order valence-corrected chi connectivity index (χ3v) is 2.09. The SMILES string of the molecule is CC(C)CNC(=O)NC(C)(C)CCC(=O)O. The first-order valence-corrected chi connectivity index (χ1v) is 5.51. The van der Waals surface area contributed by atoms with E-state index in [0.717, 1.165) is 0 Å². The van der Waals surface area contributed by atoms with Gasteiger partial charge >= 0.3 is 12.0 Å². The predicted molar refractivity (Wildman–Crippen MR) is 62.3 cm³/mol.